The summed E-state index contributed by atoms with van der Waals surface area (Å²) >= 11 is 0. The fourth-order valence-corrected chi connectivity index (χ4v) is 2.58. The minimum Gasteiger partial charge on any atom is -0.311 e. The summed E-state index contributed by atoms with van der Waals surface area (Å²) in [5.74, 6) is 1.74. The Hall–Kier alpha value is -0.960. The molecule has 1 aromatic heterocycles. The van der Waals surface area contributed by atoms with Crippen LogP contribution in [-0.4, -0.2) is 16.5 Å². The minimum atomic E-state index is 0.860. The maximum absolute atomic E-state index is 4.40. The van der Waals surface area contributed by atoms with Crippen molar-refractivity contribution in [2.24, 2.45) is 5.92 Å². The van der Waals surface area contributed by atoms with E-state index in [-0.39, 0.29) is 0 Å². The van der Waals surface area contributed by atoms with Gasteiger partial charge in [-0.15, -0.1) is 0 Å². The van der Waals surface area contributed by atoms with Gasteiger partial charge in [0, 0.05) is 12.7 Å². The second-order valence-corrected chi connectivity index (χ2v) is 5.08. The van der Waals surface area contributed by atoms with E-state index in [9.17, 15) is 0 Å². The number of aromatic nitrogens is 2. The molecule has 17 heavy (non-hydrogen) atoms. The Labute approximate surface area is 104 Å². The zero-order chi connectivity index (χ0) is 11.9. The first kappa shape index (κ1) is 12.5. The van der Waals surface area contributed by atoms with Gasteiger partial charge < -0.3 is 5.32 Å². The quantitative estimate of drug-likeness (QED) is 0.813. The molecular formula is C14H23N3. The second kappa shape index (κ2) is 6.70. The van der Waals surface area contributed by atoms with E-state index < -0.39 is 0 Å². The monoisotopic (exact) mass is 233 g/mol. The van der Waals surface area contributed by atoms with E-state index in [1.165, 1.54) is 38.5 Å². The van der Waals surface area contributed by atoms with Gasteiger partial charge in [-0.3, -0.25) is 0 Å². The fourth-order valence-electron chi connectivity index (χ4n) is 2.58. The number of rotatable bonds is 4. The van der Waals surface area contributed by atoms with Crippen molar-refractivity contribution in [1.82, 2.24) is 15.3 Å². The average molecular weight is 233 g/mol. The molecule has 1 heterocycles. The van der Waals surface area contributed by atoms with Crippen LogP contribution in [0.2, 0.25) is 0 Å². The normalized spacial score (nSPS) is 17.9. The Morgan fingerprint density at radius 3 is 2.71 bits per heavy atom. The van der Waals surface area contributed by atoms with Gasteiger partial charge >= 0.3 is 0 Å². The molecule has 0 bridgehead atoms. The molecule has 94 valence electrons. The van der Waals surface area contributed by atoms with Crippen LogP contribution in [-0.2, 0) is 6.54 Å². The van der Waals surface area contributed by atoms with E-state index in [0.29, 0.717) is 0 Å². The first-order valence-corrected chi connectivity index (χ1v) is 6.84. The van der Waals surface area contributed by atoms with Gasteiger partial charge in [0.25, 0.3) is 0 Å². The van der Waals surface area contributed by atoms with E-state index in [1.807, 2.05) is 19.2 Å². The van der Waals surface area contributed by atoms with Crippen LogP contribution in [0.3, 0.4) is 0 Å². The zero-order valence-corrected chi connectivity index (χ0v) is 10.8. The summed E-state index contributed by atoms with van der Waals surface area (Å²) in [6.45, 7) is 3.96. The molecule has 3 heteroatoms. The highest BCUT2D eigenvalue weighted by molar-refractivity contribution is 5.00. The standard InChI is InChI=1S/C14H23N3/c1-12-16-9-8-14(17-12)11-15-10-13-6-4-2-3-5-7-13/h8-9,13,15H,2-7,10-11H2,1H3. The lowest BCUT2D eigenvalue weighted by molar-refractivity contribution is 0.423. The maximum Gasteiger partial charge on any atom is 0.125 e. The third-order valence-electron chi connectivity index (χ3n) is 3.55. The molecular weight excluding hydrogens is 210 g/mol. The van der Waals surface area contributed by atoms with Crippen LogP contribution in [0.5, 0.6) is 0 Å². The summed E-state index contributed by atoms with van der Waals surface area (Å²) in [6, 6.07) is 1.99. The van der Waals surface area contributed by atoms with Crippen molar-refractivity contribution in [2.75, 3.05) is 6.54 Å². The molecule has 0 radical (unpaired) electrons. The maximum atomic E-state index is 4.40. The minimum absolute atomic E-state index is 0.860. The topological polar surface area (TPSA) is 37.8 Å². The molecule has 0 unspecified atom stereocenters. The third-order valence-corrected chi connectivity index (χ3v) is 3.55. The third kappa shape index (κ3) is 4.43. The van der Waals surface area contributed by atoms with Crippen LogP contribution < -0.4 is 5.32 Å². The van der Waals surface area contributed by atoms with Crippen LogP contribution in [0.1, 0.15) is 50.0 Å². The fraction of sp³-hybridized carbons (Fsp3) is 0.714. The highest BCUT2D eigenvalue weighted by Crippen LogP contribution is 2.22. The number of hydrogen-bond acceptors (Lipinski definition) is 3. The summed E-state index contributed by atoms with van der Waals surface area (Å²) in [4.78, 5) is 8.51. The summed E-state index contributed by atoms with van der Waals surface area (Å²) in [5.41, 5.74) is 1.10. The van der Waals surface area contributed by atoms with Gasteiger partial charge in [0.05, 0.1) is 5.69 Å². The summed E-state index contributed by atoms with van der Waals surface area (Å²) in [6.07, 6.45) is 10.3. The van der Waals surface area contributed by atoms with E-state index in [2.05, 4.69) is 15.3 Å². The van der Waals surface area contributed by atoms with Crippen molar-refractivity contribution in [3.8, 4) is 0 Å². The molecule has 1 aromatic rings. The summed E-state index contributed by atoms with van der Waals surface area (Å²) < 4.78 is 0. The first-order chi connectivity index (χ1) is 8.34. The predicted molar refractivity (Wildman–Crippen MR) is 69.7 cm³/mol. The van der Waals surface area contributed by atoms with E-state index >= 15 is 0 Å². The molecule has 2 rings (SSSR count). The molecule has 0 aromatic carbocycles. The Kier molecular flexibility index (Phi) is 4.92. The predicted octanol–water partition coefficient (Wildman–Crippen LogP) is 2.85. The molecule has 0 spiro atoms. The number of hydrogen-bond donors (Lipinski definition) is 1. The highest BCUT2D eigenvalue weighted by Gasteiger charge is 2.11. The number of nitrogens with zero attached hydrogens (tertiary/aromatic N) is 2. The van der Waals surface area contributed by atoms with Gasteiger partial charge in [-0.1, -0.05) is 25.7 Å². The molecule has 0 atom stereocenters. The largest absolute Gasteiger partial charge is 0.311 e. The molecule has 1 N–H and O–H groups in total. The average Bonchev–Trinajstić information content (AvgIpc) is 2.58. The smallest absolute Gasteiger partial charge is 0.125 e. The van der Waals surface area contributed by atoms with Gasteiger partial charge in [-0.05, 0) is 38.3 Å². The number of aryl methyl sites for hydroxylation is 1. The number of nitrogens with one attached hydrogen (secondary N) is 1. The van der Waals surface area contributed by atoms with Crippen molar-refractivity contribution in [3.63, 3.8) is 0 Å². The molecule has 3 nitrogen and oxygen atoms in total. The van der Waals surface area contributed by atoms with Crippen LogP contribution in [0.25, 0.3) is 0 Å². The van der Waals surface area contributed by atoms with Crippen molar-refractivity contribution >= 4 is 0 Å². The van der Waals surface area contributed by atoms with E-state index in [0.717, 1.165) is 30.5 Å². The van der Waals surface area contributed by atoms with E-state index in [4.69, 9.17) is 0 Å². The Balaban J connectivity index is 1.71. The van der Waals surface area contributed by atoms with Crippen molar-refractivity contribution in [1.29, 1.82) is 0 Å². The van der Waals surface area contributed by atoms with Crippen molar-refractivity contribution < 1.29 is 0 Å². The van der Waals surface area contributed by atoms with Crippen LogP contribution in [0, 0.1) is 12.8 Å². The molecule has 1 fully saturated rings. The van der Waals surface area contributed by atoms with Crippen LogP contribution in [0.15, 0.2) is 12.3 Å². The van der Waals surface area contributed by atoms with Gasteiger partial charge in [0.15, 0.2) is 0 Å². The lowest BCUT2D eigenvalue weighted by Gasteiger charge is -2.14. The lowest BCUT2D eigenvalue weighted by atomic mass is 10.0. The van der Waals surface area contributed by atoms with Gasteiger partial charge in [-0.25, -0.2) is 9.97 Å². The Morgan fingerprint density at radius 2 is 2.00 bits per heavy atom. The zero-order valence-electron chi connectivity index (χ0n) is 10.8. The van der Waals surface area contributed by atoms with Crippen molar-refractivity contribution in [2.45, 2.75) is 52.0 Å². The van der Waals surface area contributed by atoms with Crippen LogP contribution >= 0.6 is 0 Å². The van der Waals surface area contributed by atoms with Gasteiger partial charge in [0.1, 0.15) is 5.82 Å². The van der Waals surface area contributed by atoms with Gasteiger partial charge in [-0.2, -0.15) is 0 Å². The molecule has 1 aliphatic carbocycles. The highest BCUT2D eigenvalue weighted by atomic mass is 14.9. The molecule has 0 amide bonds. The van der Waals surface area contributed by atoms with Gasteiger partial charge in [0.2, 0.25) is 0 Å². The molecule has 0 saturated heterocycles. The first-order valence-electron chi connectivity index (χ1n) is 6.84. The molecule has 1 aliphatic rings. The molecule has 1 saturated carbocycles. The second-order valence-electron chi connectivity index (χ2n) is 5.08. The van der Waals surface area contributed by atoms with E-state index in [1.54, 1.807) is 0 Å². The lowest BCUT2D eigenvalue weighted by Crippen LogP contribution is -2.22. The summed E-state index contributed by atoms with van der Waals surface area (Å²) in [5, 5.41) is 3.54. The Bertz CT molecular complexity index is 330. The summed E-state index contributed by atoms with van der Waals surface area (Å²) in [7, 11) is 0. The molecule has 0 aliphatic heterocycles. The van der Waals surface area contributed by atoms with Crippen molar-refractivity contribution in [3.05, 3.63) is 23.8 Å². The Morgan fingerprint density at radius 1 is 1.24 bits per heavy atom. The van der Waals surface area contributed by atoms with Crippen LogP contribution in [0.4, 0.5) is 0 Å². The SMILES string of the molecule is Cc1nccc(CNCC2CCCCCC2)n1.